The smallest absolute Gasteiger partial charge is 0.407 e. The molecular weight excluding hydrogens is 176 g/mol. The first-order valence-corrected chi connectivity index (χ1v) is 3.79. The minimum Gasteiger partial charge on any atom is -0.447 e. The van der Waals surface area contributed by atoms with Crippen molar-refractivity contribution in [2.45, 2.75) is 0 Å². The fourth-order valence-corrected chi connectivity index (χ4v) is 0.495. The van der Waals surface area contributed by atoms with Crippen LogP contribution in [0, 0.1) is 0 Å². The van der Waals surface area contributed by atoms with E-state index in [2.05, 4.69) is 10.1 Å². The van der Waals surface area contributed by atoms with E-state index in [1.807, 2.05) is 0 Å². The monoisotopic (exact) mass is 190 g/mol. The Kier molecular flexibility index (Phi) is 5.62. The summed E-state index contributed by atoms with van der Waals surface area (Å²) in [7, 11) is 3.17. The maximum atomic E-state index is 10.9. The van der Waals surface area contributed by atoms with Crippen molar-refractivity contribution in [3.8, 4) is 0 Å². The molecule has 0 saturated heterocycles. The zero-order chi connectivity index (χ0) is 10.3. The molecular formula is C7H14N2O4. The van der Waals surface area contributed by atoms with E-state index in [0.29, 0.717) is 0 Å². The van der Waals surface area contributed by atoms with Crippen LogP contribution < -0.4 is 5.32 Å². The summed E-state index contributed by atoms with van der Waals surface area (Å²) in [5, 5.41) is 10.5. The summed E-state index contributed by atoms with van der Waals surface area (Å²) in [4.78, 5) is 23.0. The fourth-order valence-electron chi connectivity index (χ4n) is 0.495. The Morgan fingerprint density at radius 1 is 1.46 bits per heavy atom. The van der Waals surface area contributed by atoms with E-state index >= 15 is 0 Å². The highest BCUT2D eigenvalue weighted by molar-refractivity contribution is 5.81. The molecule has 6 heteroatoms. The fraction of sp³-hybridized carbons (Fsp3) is 0.714. The van der Waals surface area contributed by atoms with Crippen LogP contribution in [0.3, 0.4) is 0 Å². The van der Waals surface area contributed by atoms with E-state index < -0.39 is 6.09 Å². The SMILES string of the molecule is CN(C)C(=O)CNC(=O)OCCO. The van der Waals surface area contributed by atoms with E-state index in [1.54, 1.807) is 14.1 Å². The van der Waals surface area contributed by atoms with Crippen LogP contribution in [-0.4, -0.2) is 55.9 Å². The number of ether oxygens (including phenoxy) is 1. The number of aliphatic hydroxyl groups excluding tert-OH is 1. The normalized spacial score (nSPS) is 9.15. The van der Waals surface area contributed by atoms with Gasteiger partial charge in [0.2, 0.25) is 5.91 Å². The summed E-state index contributed by atoms with van der Waals surface area (Å²) in [6.45, 7) is -0.395. The van der Waals surface area contributed by atoms with Crippen LogP contribution >= 0.6 is 0 Å². The first-order chi connectivity index (χ1) is 6.07. The number of amides is 2. The number of hydrogen-bond acceptors (Lipinski definition) is 4. The lowest BCUT2D eigenvalue weighted by molar-refractivity contribution is -0.127. The Morgan fingerprint density at radius 3 is 2.54 bits per heavy atom. The van der Waals surface area contributed by atoms with E-state index in [9.17, 15) is 9.59 Å². The second kappa shape index (κ2) is 6.24. The Morgan fingerprint density at radius 2 is 2.08 bits per heavy atom. The lowest BCUT2D eigenvalue weighted by Crippen LogP contribution is -2.36. The maximum Gasteiger partial charge on any atom is 0.407 e. The number of hydrogen-bond donors (Lipinski definition) is 2. The summed E-state index contributed by atoms with van der Waals surface area (Å²) >= 11 is 0. The molecule has 0 heterocycles. The number of carbonyl (C=O) groups is 2. The number of alkyl carbamates (subject to hydrolysis) is 1. The van der Waals surface area contributed by atoms with Gasteiger partial charge in [-0.1, -0.05) is 0 Å². The number of carbonyl (C=O) groups excluding carboxylic acids is 2. The number of nitrogens with zero attached hydrogens (tertiary/aromatic N) is 1. The summed E-state index contributed by atoms with van der Waals surface area (Å²) in [6, 6.07) is 0. The van der Waals surface area contributed by atoms with Gasteiger partial charge in [-0.25, -0.2) is 4.79 Å². The molecule has 6 nitrogen and oxygen atoms in total. The number of rotatable bonds is 4. The highest BCUT2D eigenvalue weighted by atomic mass is 16.6. The van der Waals surface area contributed by atoms with Crippen molar-refractivity contribution in [3.63, 3.8) is 0 Å². The van der Waals surface area contributed by atoms with Crippen LogP contribution in [0.25, 0.3) is 0 Å². The second-order valence-electron chi connectivity index (χ2n) is 2.50. The predicted molar refractivity (Wildman–Crippen MR) is 45.1 cm³/mol. The largest absolute Gasteiger partial charge is 0.447 e. The van der Waals surface area contributed by atoms with Crippen molar-refractivity contribution in [1.82, 2.24) is 10.2 Å². The van der Waals surface area contributed by atoms with Gasteiger partial charge in [0, 0.05) is 14.1 Å². The van der Waals surface area contributed by atoms with Crippen molar-refractivity contribution in [2.75, 3.05) is 33.9 Å². The first-order valence-electron chi connectivity index (χ1n) is 3.79. The molecule has 0 aliphatic heterocycles. The standard InChI is InChI=1S/C7H14N2O4/c1-9(2)6(11)5-8-7(12)13-4-3-10/h10H,3-5H2,1-2H3,(H,8,12). The molecule has 0 aromatic carbocycles. The molecule has 2 amide bonds. The van der Waals surface area contributed by atoms with Crippen molar-refractivity contribution in [2.24, 2.45) is 0 Å². The lowest BCUT2D eigenvalue weighted by atomic mass is 10.5. The molecule has 0 unspecified atom stereocenters. The third-order valence-electron chi connectivity index (χ3n) is 1.21. The molecule has 76 valence electrons. The molecule has 0 aromatic rings. The molecule has 0 saturated carbocycles. The zero-order valence-corrected chi connectivity index (χ0v) is 7.74. The van der Waals surface area contributed by atoms with Gasteiger partial charge in [-0.3, -0.25) is 4.79 Å². The maximum absolute atomic E-state index is 10.9. The van der Waals surface area contributed by atoms with Gasteiger partial charge in [0.15, 0.2) is 0 Å². The highest BCUT2D eigenvalue weighted by Gasteiger charge is 2.06. The van der Waals surface area contributed by atoms with E-state index in [4.69, 9.17) is 5.11 Å². The minimum absolute atomic E-state index is 0.0675. The van der Waals surface area contributed by atoms with E-state index in [-0.39, 0.29) is 25.7 Å². The average Bonchev–Trinajstić information content (AvgIpc) is 2.10. The predicted octanol–water partition coefficient (Wildman–Crippen LogP) is -1.21. The van der Waals surface area contributed by atoms with Gasteiger partial charge in [-0.05, 0) is 0 Å². The van der Waals surface area contributed by atoms with Gasteiger partial charge in [-0.15, -0.1) is 0 Å². The van der Waals surface area contributed by atoms with Gasteiger partial charge in [0.05, 0.1) is 6.61 Å². The Bertz CT molecular complexity index is 181. The van der Waals surface area contributed by atoms with Gasteiger partial charge in [0.25, 0.3) is 0 Å². The Hall–Kier alpha value is -1.30. The molecule has 0 aliphatic rings. The van der Waals surface area contributed by atoms with Crippen molar-refractivity contribution >= 4 is 12.0 Å². The lowest BCUT2D eigenvalue weighted by Gasteiger charge is -2.10. The van der Waals surface area contributed by atoms with Crippen LogP contribution in [0.1, 0.15) is 0 Å². The van der Waals surface area contributed by atoms with Gasteiger partial charge in [0.1, 0.15) is 13.2 Å². The summed E-state index contributed by atoms with van der Waals surface area (Å²) in [5.74, 6) is -0.221. The molecule has 0 fully saturated rings. The Labute approximate surface area is 76.5 Å². The number of likely N-dealkylation sites (N-methyl/N-ethyl adjacent to an activating group) is 1. The van der Waals surface area contributed by atoms with Crippen LogP contribution in [0.15, 0.2) is 0 Å². The molecule has 0 spiro atoms. The average molecular weight is 190 g/mol. The molecule has 0 radical (unpaired) electrons. The second-order valence-corrected chi connectivity index (χ2v) is 2.50. The Balaban J connectivity index is 3.52. The summed E-state index contributed by atoms with van der Waals surface area (Å²) in [6.07, 6.45) is -0.704. The number of nitrogens with one attached hydrogen (secondary N) is 1. The molecule has 13 heavy (non-hydrogen) atoms. The highest BCUT2D eigenvalue weighted by Crippen LogP contribution is 1.79. The zero-order valence-electron chi connectivity index (χ0n) is 7.74. The third-order valence-corrected chi connectivity index (χ3v) is 1.21. The topological polar surface area (TPSA) is 78.9 Å². The van der Waals surface area contributed by atoms with Gasteiger partial charge >= 0.3 is 6.09 Å². The minimum atomic E-state index is -0.704. The van der Waals surface area contributed by atoms with Crippen LogP contribution in [0.4, 0.5) is 4.79 Å². The van der Waals surface area contributed by atoms with E-state index in [1.165, 1.54) is 4.90 Å². The van der Waals surface area contributed by atoms with Crippen LogP contribution in [0.2, 0.25) is 0 Å². The molecule has 2 N–H and O–H groups in total. The molecule has 0 rings (SSSR count). The van der Waals surface area contributed by atoms with Gasteiger partial charge in [-0.2, -0.15) is 0 Å². The molecule has 0 atom stereocenters. The van der Waals surface area contributed by atoms with Crippen molar-refractivity contribution < 1.29 is 19.4 Å². The van der Waals surface area contributed by atoms with Crippen LogP contribution in [0.5, 0.6) is 0 Å². The van der Waals surface area contributed by atoms with Gasteiger partial charge < -0.3 is 20.1 Å². The first kappa shape index (κ1) is 11.7. The van der Waals surface area contributed by atoms with Crippen molar-refractivity contribution in [3.05, 3.63) is 0 Å². The quantitative estimate of drug-likeness (QED) is 0.583. The summed E-state index contributed by atoms with van der Waals surface area (Å²) in [5.41, 5.74) is 0. The summed E-state index contributed by atoms with van der Waals surface area (Å²) < 4.78 is 4.45. The van der Waals surface area contributed by atoms with E-state index in [0.717, 1.165) is 0 Å². The molecule has 0 bridgehead atoms. The molecule has 0 aliphatic carbocycles. The third kappa shape index (κ3) is 5.92. The van der Waals surface area contributed by atoms with Crippen LogP contribution in [-0.2, 0) is 9.53 Å². The number of aliphatic hydroxyl groups is 1. The molecule has 0 aromatic heterocycles. The van der Waals surface area contributed by atoms with Crippen molar-refractivity contribution in [1.29, 1.82) is 0 Å².